The molecule has 2 saturated carbocycles. The molecule has 0 bridgehead atoms. The van der Waals surface area contributed by atoms with Gasteiger partial charge in [0.2, 0.25) is 0 Å². The first-order chi connectivity index (χ1) is 32.9. The zero-order valence-electron chi connectivity index (χ0n) is 39.3. The summed E-state index contributed by atoms with van der Waals surface area (Å²) >= 11 is 6.93. The minimum absolute atomic E-state index is 0. The SMILES string of the molecule is C.COc1cc(Br)ncc1[C@@H]1c2ccc3c(cnn3C3CCCCO3)c2C[C@@H](C)N1CC1(F)CC1.COc1cc(Br)ncc1[C@@H]1c2ccc3nn(C4CCCCO4)cc3c2C[C@@H](C)N1CC1(F)CC1. The summed E-state index contributed by atoms with van der Waals surface area (Å²) in [6.45, 7) is 6.82. The van der Waals surface area contributed by atoms with Crippen LogP contribution in [-0.2, 0) is 22.3 Å². The summed E-state index contributed by atoms with van der Waals surface area (Å²) in [6.07, 6.45) is 18.6. The number of methoxy groups -OCH3 is 2. The van der Waals surface area contributed by atoms with Crippen LogP contribution < -0.4 is 9.47 Å². The topological polar surface area (TPSA) is 105 Å². The van der Waals surface area contributed by atoms with Crippen molar-refractivity contribution < 1.29 is 27.7 Å². The van der Waals surface area contributed by atoms with Crippen LogP contribution in [0.3, 0.4) is 0 Å². The van der Waals surface area contributed by atoms with Crippen molar-refractivity contribution in [3.63, 3.8) is 0 Å². The van der Waals surface area contributed by atoms with Crippen molar-refractivity contribution in [1.29, 1.82) is 0 Å². The van der Waals surface area contributed by atoms with Crippen molar-refractivity contribution in [2.75, 3.05) is 40.5 Å². The highest BCUT2D eigenvalue weighted by Crippen LogP contribution is 2.50. The molecule has 2 aromatic carbocycles. The minimum Gasteiger partial charge on any atom is -0.496 e. The Bertz CT molecular complexity index is 2720. The van der Waals surface area contributed by atoms with Gasteiger partial charge in [-0.1, -0.05) is 19.6 Å². The Morgan fingerprint density at radius 1 is 0.681 bits per heavy atom. The van der Waals surface area contributed by atoms with Gasteiger partial charge in [0.1, 0.15) is 38.3 Å². The van der Waals surface area contributed by atoms with Gasteiger partial charge in [-0.3, -0.25) is 9.80 Å². The first-order valence-electron chi connectivity index (χ1n) is 24.4. The zero-order valence-corrected chi connectivity index (χ0v) is 42.4. The lowest BCUT2D eigenvalue weighted by Crippen LogP contribution is -2.46. The summed E-state index contributed by atoms with van der Waals surface area (Å²) in [7, 11) is 3.36. The molecule has 2 unspecified atom stereocenters. The van der Waals surface area contributed by atoms with Crippen molar-refractivity contribution in [3.05, 3.63) is 104 Å². The molecule has 0 N–H and O–H groups in total. The average molecular weight is 1070 g/mol. The van der Waals surface area contributed by atoms with E-state index in [9.17, 15) is 0 Å². The van der Waals surface area contributed by atoms with Gasteiger partial charge in [0, 0.05) is 91.0 Å². The van der Waals surface area contributed by atoms with E-state index < -0.39 is 11.3 Å². The van der Waals surface area contributed by atoms with Gasteiger partial charge in [0.05, 0.1) is 43.5 Å². The van der Waals surface area contributed by atoms with E-state index in [-0.39, 0.29) is 44.0 Å². The van der Waals surface area contributed by atoms with Crippen molar-refractivity contribution in [1.82, 2.24) is 39.3 Å². The van der Waals surface area contributed by atoms with Crippen molar-refractivity contribution in [3.8, 4) is 11.5 Å². The number of alkyl halides is 2. The predicted molar refractivity (Wildman–Crippen MR) is 270 cm³/mol. The van der Waals surface area contributed by atoms with E-state index in [1.165, 1.54) is 22.3 Å². The Labute approximate surface area is 420 Å². The molecule has 6 aliphatic rings. The molecule has 2 saturated heterocycles. The highest BCUT2D eigenvalue weighted by Gasteiger charge is 2.50. The van der Waals surface area contributed by atoms with Gasteiger partial charge in [-0.05, 0) is 157 Å². The van der Waals surface area contributed by atoms with Gasteiger partial charge >= 0.3 is 0 Å². The lowest BCUT2D eigenvalue weighted by Gasteiger charge is -2.43. The average Bonchev–Trinajstić information content (AvgIpc) is 4.14. The van der Waals surface area contributed by atoms with E-state index >= 15 is 8.78 Å². The molecule has 4 fully saturated rings. The molecule has 6 aromatic rings. The molecular weight excluding hydrogens is 1010 g/mol. The van der Waals surface area contributed by atoms with Crippen LogP contribution >= 0.6 is 31.9 Å². The Morgan fingerprint density at radius 2 is 1.20 bits per heavy atom. The molecule has 12 nitrogen and oxygen atoms in total. The van der Waals surface area contributed by atoms with Crippen molar-refractivity contribution >= 4 is 53.7 Å². The number of nitrogens with zero attached hydrogens (tertiary/aromatic N) is 8. The quantitative estimate of drug-likeness (QED) is 0.123. The maximum Gasteiger partial charge on any atom is 0.150 e. The van der Waals surface area contributed by atoms with Crippen molar-refractivity contribution in [2.24, 2.45) is 0 Å². The molecule has 16 heteroatoms. The Morgan fingerprint density at radius 3 is 1.71 bits per heavy atom. The largest absolute Gasteiger partial charge is 0.496 e. The summed E-state index contributed by atoms with van der Waals surface area (Å²) in [5, 5.41) is 12.0. The van der Waals surface area contributed by atoms with E-state index in [4.69, 9.17) is 29.1 Å². The number of aromatic nitrogens is 6. The van der Waals surface area contributed by atoms with Crippen LogP contribution in [0.1, 0.15) is 143 Å². The fraction of sp³-hybridized carbons (Fsp3) is 0.547. The molecule has 4 aliphatic heterocycles. The monoisotopic (exact) mass is 1070 g/mol. The molecule has 0 amide bonds. The van der Waals surface area contributed by atoms with Crippen LogP contribution in [0, 0.1) is 0 Å². The number of benzene rings is 2. The van der Waals surface area contributed by atoms with E-state index in [1.54, 1.807) is 14.2 Å². The molecule has 0 spiro atoms. The predicted octanol–water partition coefficient (Wildman–Crippen LogP) is 12.1. The summed E-state index contributed by atoms with van der Waals surface area (Å²) in [6, 6.07) is 12.5. The zero-order chi connectivity index (χ0) is 46.9. The maximum absolute atomic E-state index is 15.1. The Balaban J connectivity index is 0.000000158. The fourth-order valence-corrected chi connectivity index (χ4v) is 11.9. The van der Waals surface area contributed by atoms with Gasteiger partial charge in [-0.2, -0.15) is 10.2 Å². The molecule has 8 heterocycles. The molecule has 368 valence electrons. The lowest BCUT2D eigenvalue weighted by molar-refractivity contribution is -0.0390. The smallest absolute Gasteiger partial charge is 0.150 e. The van der Waals surface area contributed by atoms with Crippen LogP contribution in [-0.4, -0.2) is 103 Å². The summed E-state index contributed by atoms with van der Waals surface area (Å²) in [4.78, 5) is 13.7. The molecule has 6 atom stereocenters. The third kappa shape index (κ3) is 9.47. The number of pyridine rings is 2. The third-order valence-corrected chi connectivity index (χ3v) is 16.2. The number of hydrogen-bond donors (Lipinski definition) is 0. The van der Waals surface area contributed by atoms with Crippen LogP contribution in [0.15, 0.2) is 70.4 Å². The highest BCUT2D eigenvalue weighted by molar-refractivity contribution is 9.10. The maximum atomic E-state index is 15.1. The van der Waals surface area contributed by atoms with Gasteiger partial charge < -0.3 is 18.9 Å². The second-order valence-corrected chi connectivity index (χ2v) is 21.7. The molecule has 4 aromatic heterocycles. The first kappa shape index (κ1) is 48.6. The van der Waals surface area contributed by atoms with Crippen LogP contribution in [0.5, 0.6) is 11.5 Å². The number of halogens is 4. The van der Waals surface area contributed by atoms with Crippen molar-refractivity contribution in [2.45, 2.75) is 146 Å². The second-order valence-electron chi connectivity index (χ2n) is 20.0. The first-order valence-corrected chi connectivity index (χ1v) is 26.0. The molecule has 12 rings (SSSR count). The number of hydrogen-bond acceptors (Lipinski definition) is 10. The van der Waals surface area contributed by atoms with Gasteiger partial charge in [0.15, 0.2) is 6.23 Å². The number of rotatable bonds is 10. The Kier molecular flexibility index (Phi) is 13.7. The number of fused-ring (bicyclic) bond motifs is 6. The molecular formula is C53H64Br2F2N8O4. The summed E-state index contributed by atoms with van der Waals surface area (Å²) < 4.78 is 59.3. The van der Waals surface area contributed by atoms with E-state index in [1.807, 2.05) is 40.1 Å². The van der Waals surface area contributed by atoms with Crippen LogP contribution in [0.25, 0.3) is 21.8 Å². The minimum atomic E-state index is -1.09. The standard InChI is InChI=1S/2C26H30BrFN4O2.CH4/c1-16-11-18-17(6-7-21-19(18)14-30-32(21)24-5-3-4-10-34-24)25(31(16)15-26(28)8-9-26)20-13-29-23(27)12-22(20)33-2;1-16-11-18-17(6-7-21-20(18)14-32(30-21)24-5-3-4-10-34-24)25(31(16)15-26(28)8-9-26)19-13-29-23(27)12-22(19)33-2;/h2*6-7,12-14,16,24-25H,3-5,8-11,15H2,1-2H3;1H4/t2*16-,24?,25+;/m11./s1. The van der Waals surface area contributed by atoms with Crippen LogP contribution in [0.2, 0.25) is 0 Å². The number of ether oxygens (including phenoxy) is 4. The second kappa shape index (κ2) is 19.5. The van der Waals surface area contributed by atoms with E-state index in [2.05, 4.69) is 95.9 Å². The highest BCUT2D eigenvalue weighted by atomic mass is 79.9. The molecule has 0 radical (unpaired) electrons. The Hall–Kier alpha value is -4.06. The summed E-state index contributed by atoms with van der Waals surface area (Å²) in [5.41, 5.74) is 6.76. The lowest BCUT2D eigenvalue weighted by atomic mass is 9.83. The van der Waals surface area contributed by atoms with Gasteiger partial charge in [-0.15, -0.1) is 0 Å². The summed E-state index contributed by atoms with van der Waals surface area (Å²) in [5.74, 6) is 1.51. The van der Waals surface area contributed by atoms with Gasteiger partial charge in [-0.25, -0.2) is 28.1 Å². The normalized spacial score (nSPS) is 26.0. The molecule has 69 heavy (non-hydrogen) atoms. The third-order valence-electron chi connectivity index (χ3n) is 15.3. The van der Waals surface area contributed by atoms with Gasteiger partial charge in [0.25, 0.3) is 0 Å². The van der Waals surface area contributed by atoms with Crippen LogP contribution in [0.4, 0.5) is 8.78 Å². The van der Waals surface area contributed by atoms with E-state index in [0.717, 1.165) is 118 Å². The van der Waals surface area contributed by atoms with E-state index in [0.29, 0.717) is 38.8 Å². The fourth-order valence-electron chi connectivity index (χ4n) is 11.3. The molecule has 2 aliphatic carbocycles.